The van der Waals surface area contributed by atoms with Crippen LogP contribution in [0.25, 0.3) is 0 Å². The zero-order valence-corrected chi connectivity index (χ0v) is 16.0. The van der Waals surface area contributed by atoms with Crippen LogP contribution in [-0.4, -0.2) is 39.7 Å². The molecule has 6 nitrogen and oxygen atoms in total. The van der Waals surface area contributed by atoms with Crippen molar-refractivity contribution in [2.24, 2.45) is 0 Å². The van der Waals surface area contributed by atoms with Gasteiger partial charge >= 0.3 is 5.97 Å². The predicted molar refractivity (Wildman–Crippen MR) is 101 cm³/mol. The average molecular weight is 372 g/mol. The quantitative estimate of drug-likeness (QED) is 0.494. The normalized spacial score (nSPS) is 10.2. The van der Waals surface area contributed by atoms with Gasteiger partial charge in [-0.25, -0.2) is 4.79 Å². The maximum absolute atomic E-state index is 12.4. The summed E-state index contributed by atoms with van der Waals surface area (Å²) in [6.45, 7) is 1.74. The molecule has 0 bridgehead atoms. The molecule has 2 rings (SSSR count). The van der Waals surface area contributed by atoms with E-state index in [1.165, 1.54) is 39.0 Å². The van der Waals surface area contributed by atoms with E-state index in [9.17, 15) is 9.59 Å². The van der Waals surface area contributed by atoms with Gasteiger partial charge in [-0.05, 0) is 12.0 Å². The molecule has 144 valence electrons. The number of ether oxygens (including phenoxy) is 4. The maximum atomic E-state index is 12.4. The highest BCUT2D eigenvalue weighted by Crippen LogP contribution is 2.34. The van der Waals surface area contributed by atoms with Crippen molar-refractivity contribution in [1.82, 2.24) is 0 Å². The van der Waals surface area contributed by atoms with Gasteiger partial charge in [-0.2, -0.15) is 0 Å². The molecule has 0 spiro atoms. The van der Waals surface area contributed by atoms with E-state index in [1.54, 1.807) is 12.1 Å². The summed E-state index contributed by atoms with van der Waals surface area (Å²) in [6.07, 6.45) is 2.00. The molecule has 0 aliphatic carbocycles. The molecule has 0 fully saturated rings. The van der Waals surface area contributed by atoms with E-state index in [-0.39, 0.29) is 23.7 Å². The minimum atomic E-state index is -0.677. The first kappa shape index (κ1) is 20.3. The number of rotatable bonds is 9. The second-order valence-corrected chi connectivity index (χ2v) is 5.85. The first-order valence-corrected chi connectivity index (χ1v) is 8.63. The largest absolute Gasteiger partial charge is 0.496 e. The topological polar surface area (TPSA) is 71.1 Å². The van der Waals surface area contributed by atoms with Crippen molar-refractivity contribution in [2.45, 2.75) is 19.8 Å². The number of ketones is 1. The van der Waals surface area contributed by atoms with E-state index < -0.39 is 5.97 Å². The van der Waals surface area contributed by atoms with Gasteiger partial charge in [0.15, 0.2) is 23.9 Å². The Kier molecular flexibility index (Phi) is 7.23. The third kappa shape index (κ3) is 5.00. The van der Waals surface area contributed by atoms with Gasteiger partial charge in [0.1, 0.15) is 11.3 Å². The number of benzene rings is 2. The second kappa shape index (κ2) is 9.62. The molecule has 0 aromatic heterocycles. The van der Waals surface area contributed by atoms with Crippen molar-refractivity contribution < 1.29 is 28.5 Å². The van der Waals surface area contributed by atoms with E-state index in [0.29, 0.717) is 17.1 Å². The molecule has 6 heteroatoms. The zero-order chi connectivity index (χ0) is 19.8. The minimum absolute atomic E-state index is 0.154. The lowest BCUT2D eigenvalue weighted by Gasteiger charge is -2.13. The summed E-state index contributed by atoms with van der Waals surface area (Å²) in [7, 11) is 4.38. The SMILES string of the molecule is CCCc1ccc(C(=O)COC(=O)c2cc(OC)c(OC)cc2OC)cc1. The summed E-state index contributed by atoms with van der Waals surface area (Å²) in [5.74, 6) is 0.112. The van der Waals surface area contributed by atoms with Gasteiger partial charge in [0.25, 0.3) is 0 Å². The number of esters is 1. The van der Waals surface area contributed by atoms with E-state index in [2.05, 4.69) is 6.92 Å². The number of carbonyl (C=O) groups excluding carboxylic acids is 2. The molecule has 0 aliphatic heterocycles. The Morgan fingerprint density at radius 3 is 2.00 bits per heavy atom. The molecule has 2 aromatic carbocycles. The zero-order valence-electron chi connectivity index (χ0n) is 16.0. The molecule has 0 atom stereocenters. The maximum Gasteiger partial charge on any atom is 0.342 e. The van der Waals surface area contributed by atoms with Crippen LogP contribution in [0.4, 0.5) is 0 Å². The highest BCUT2D eigenvalue weighted by Gasteiger charge is 2.20. The van der Waals surface area contributed by atoms with Crippen LogP contribution in [-0.2, 0) is 11.2 Å². The Hall–Kier alpha value is -3.02. The molecule has 2 aromatic rings. The molecule has 0 N–H and O–H groups in total. The Balaban J connectivity index is 2.09. The van der Waals surface area contributed by atoms with Crippen LogP contribution in [0.15, 0.2) is 36.4 Å². The first-order valence-electron chi connectivity index (χ1n) is 8.63. The van der Waals surface area contributed by atoms with Crippen molar-refractivity contribution in [2.75, 3.05) is 27.9 Å². The van der Waals surface area contributed by atoms with Gasteiger partial charge in [0, 0.05) is 17.7 Å². The Morgan fingerprint density at radius 2 is 1.44 bits per heavy atom. The summed E-state index contributed by atoms with van der Waals surface area (Å²) < 4.78 is 20.8. The molecule has 0 unspecified atom stereocenters. The lowest BCUT2D eigenvalue weighted by molar-refractivity contribution is 0.0471. The molecule has 0 saturated carbocycles. The molecular weight excluding hydrogens is 348 g/mol. The summed E-state index contributed by atoms with van der Waals surface area (Å²) >= 11 is 0. The van der Waals surface area contributed by atoms with Crippen LogP contribution in [0, 0.1) is 0 Å². The summed E-state index contributed by atoms with van der Waals surface area (Å²) in [6, 6.07) is 10.3. The van der Waals surface area contributed by atoms with Crippen LogP contribution >= 0.6 is 0 Å². The Labute approximate surface area is 159 Å². The second-order valence-electron chi connectivity index (χ2n) is 5.85. The van der Waals surface area contributed by atoms with Crippen molar-refractivity contribution in [3.8, 4) is 17.2 Å². The van der Waals surface area contributed by atoms with Crippen LogP contribution in [0.2, 0.25) is 0 Å². The van der Waals surface area contributed by atoms with Crippen LogP contribution in [0.1, 0.15) is 39.6 Å². The van der Waals surface area contributed by atoms with Crippen molar-refractivity contribution in [3.63, 3.8) is 0 Å². The van der Waals surface area contributed by atoms with Crippen molar-refractivity contribution >= 4 is 11.8 Å². The van der Waals surface area contributed by atoms with Crippen molar-refractivity contribution in [3.05, 3.63) is 53.1 Å². The number of aryl methyl sites for hydroxylation is 1. The fraction of sp³-hybridized carbons (Fsp3) is 0.333. The van der Waals surface area contributed by atoms with Crippen LogP contribution in [0.5, 0.6) is 17.2 Å². The van der Waals surface area contributed by atoms with E-state index in [1.807, 2.05) is 12.1 Å². The highest BCUT2D eigenvalue weighted by molar-refractivity contribution is 6.00. The smallest absolute Gasteiger partial charge is 0.342 e. The third-order valence-corrected chi connectivity index (χ3v) is 4.07. The molecule has 0 radical (unpaired) electrons. The molecule has 0 heterocycles. The van der Waals surface area contributed by atoms with Gasteiger partial charge in [-0.1, -0.05) is 37.6 Å². The van der Waals surface area contributed by atoms with Gasteiger partial charge in [0.2, 0.25) is 0 Å². The van der Waals surface area contributed by atoms with Crippen LogP contribution in [0.3, 0.4) is 0 Å². The number of carbonyl (C=O) groups is 2. The van der Waals surface area contributed by atoms with E-state index in [0.717, 1.165) is 12.8 Å². The van der Waals surface area contributed by atoms with Gasteiger partial charge < -0.3 is 18.9 Å². The highest BCUT2D eigenvalue weighted by atomic mass is 16.5. The number of methoxy groups -OCH3 is 3. The lowest BCUT2D eigenvalue weighted by Crippen LogP contribution is -2.15. The monoisotopic (exact) mass is 372 g/mol. The average Bonchev–Trinajstić information content (AvgIpc) is 2.71. The standard InChI is InChI=1S/C21H24O6/c1-5-6-14-7-9-15(10-8-14)17(22)13-27-21(23)16-11-19(25-3)20(26-4)12-18(16)24-2/h7-12H,5-6,13H2,1-4H3. The predicted octanol–water partition coefficient (Wildman–Crippen LogP) is 3.70. The fourth-order valence-electron chi connectivity index (χ4n) is 2.63. The molecule has 0 aliphatic rings. The Morgan fingerprint density at radius 1 is 0.852 bits per heavy atom. The molecule has 27 heavy (non-hydrogen) atoms. The summed E-state index contributed by atoms with van der Waals surface area (Å²) in [5.41, 5.74) is 1.82. The minimum Gasteiger partial charge on any atom is -0.496 e. The molecule has 0 amide bonds. The first-order chi connectivity index (χ1) is 13.0. The van der Waals surface area contributed by atoms with Gasteiger partial charge in [-0.3, -0.25) is 4.79 Å². The summed E-state index contributed by atoms with van der Waals surface area (Å²) in [4.78, 5) is 24.7. The fourth-order valence-corrected chi connectivity index (χ4v) is 2.63. The van der Waals surface area contributed by atoms with Crippen LogP contribution < -0.4 is 14.2 Å². The third-order valence-electron chi connectivity index (χ3n) is 4.07. The summed E-state index contributed by atoms with van der Waals surface area (Å²) in [5, 5.41) is 0. The van der Waals surface area contributed by atoms with E-state index in [4.69, 9.17) is 18.9 Å². The number of hydrogen-bond donors (Lipinski definition) is 0. The van der Waals surface area contributed by atoms with Crippen molar-refractivity contribution in [1.29, 1.82) is 0 Å². The molecular formula is C21H24O6. The molecule has 0 saturated heterocycles. The lowest BCUT2D eigenvalue weighted by atomic mass is 10.1. The Bertz CT molecular complexity index is 795. The van der Waals surface area contributed by atoms with Gasteiger partial charge in [-0.15, -0.1) is 0 Å². The van der Waals surface area contributed by atoms with Gasteiger partial charge in [0.05, 0.1) is 21.3 Å². The number of Topliss-reactive ketones (excluding diaryl/α,β-unsaturated/α-hetero) is 1. The number of hydrogen-bond acceptors (Lipinski definition) is 6. The van der Waals surface area contributed by atoms with E-state index >= 15 is 0 Å².